The number of hydrogen-bond donors (Lipinski definition) is 1. The zero-order valence-corrected chi connectivity index (χ0v) is 13.6. The van der Waals surface area contributed by atoms with Gasteiger partial charge in [-0.15, -0.1) is 0 Å². The summed E-state index contributed by atoms with van der Waals surface area (Å²) in [5, 5.41) is 0. The molecule has 6 heteroatoms. The number of amidine groups is 1. The van der Waals surface area contributed by atoms with Crippen LogP contribution in [0.5, 0.6) is 0 Å². The summed E-state index contributed by atoms with van der Waals surface area (Å²) >= 11 is 3.39. The van der Waals surface area contributed by atoms with Crippen LogP contribution in [-0.2, 0) is 10.0 Å². The van der Waals surface area contributed by atoms with Gasteiger partial charge in [-0.1, -0.05) is 40.2 Å². The maximum atomic E-state index is 12.0. The second-order valence-corrected chi connectivity index (χ2v) is 7.37. The molecule has 2 aromatic carbocycles. The predicted octanol–water partition coefficient (Wildman–Crippen LogP) is 3.25. The van der Waals surface area contributed by atoms with Crippen LogP contribution >= 0.6 is 15.9 Å². The molecule has 4 nitrogen and oxygen atoms in total. The lowest BCUT2D eigenvalue weighted by Gasteiger charge is -2.08. The van der Waals surface area contributed by atoms with Crippen LogP contribution in [0.25, 0.3) is 0 Å². The molecule has 0 amide bonds. The van der Waals surface area contributed by atoms with E-state index in [0.29, 0.717) is 11.4 Å². The Kier molecular flexibility index (Phi) is 3.59. The van der Waals surface area contributed by atoms with Crippen molar-refractivity contribution < 1.29 is 8.42 Å². The van der Waals surface area contributed by atoms with E-state index in [4.69, 9.17) is 0 Å². The lowest BCUT2D eigenvalue weighted by Crippen LogP contribution is -2.22. The third-order valence-corrected chi connectivity index (χ3v) is 5.26. The number of sulfonamides is 1. The van der Waals surface area contributed by atoms with Crippen LogP contribution in [0.2, 0.25) is 0 Å². The van der Waals surface area contributed by atoms with Crippen LogP contribution in [0.3, 0.4) is 0 Å². The molecule has 0 saturated heterocycles. The van der Waals surface area contributed by atoms with Gasteiger partial charge in [0.1, 0.15) is 5.84 Å². The average Bonchev–Trinajstić information content (AvgIpc) is 2.71. The summed E-state index contributed by atoms with van der Waals surface area (Å²) in [4.78, 5) is 4.81. The van der Waals surface area contributed by atoms with Crippen LogP contribution < -0.4 is 4.72 Å². The van der Waals surface area contributed by atoms with E-state index in [1.807, 2.05) is 31.2 Å². The number of aliphatic imine (C=N–C) groups is 1. The number of nitrogens with one attached hydrogen (secondary N) is 1. The largest absolute Gasteiger partial charge is 0.263 e. The third-order valence-electron chi connectivity index (χ3n) is 3.34. The van der Waals surface area contributed by atoms with Gasteiger partial charge in [0.15, 0.2) is 0 Å². The van der Waals surface area contributed by atoms with E-state index in [-0.39, 0.29) is 10.9 Å². The van der Waals surface area contributed by atoms with Gasteiger partial charge in [-0.2, -0.15) is 0 Å². The number of hydrogen-bond acceptors (Lipinski definition) is 3. The highest BCUT2D eigenvalue weighted by Gasteiger charge is 2.30. The van der Waals surface area contributed by atoms with Crippen molar-refractivity contribution in [3.05, 3.63) is 64.1 Å². The van der Waals surface area contributed by atoms with Crippen molar-refractivity contribution in [3.8, 4) is 0 Å². The maximum absolute atomic E-state index is 12.0. The van der Waals surface area contributed by atoms with Crippen LogP contribution in [0.1, 0.15) is 24.1 Å². The van der Waals surface area contributed by atoms with E-state index in [0.717, 1.165) is 10.0 Å². The number of rotatable bonds is 2. The Morgan fingerprint density at radius 1 is 1.10 bits per heavy atom. The molecule has 0 fully saturated rings. The monoisotopic (exact) mass is 364 g/mol. The molecule has 0 aliphatic carbocycles. The van der Waals surface area contributed by atoms with Crippen molar-refractivity contribution in [2.24, 2.45) is 4.99 Å². The summed E-state index contributed by atoms with van der Waals surface area (Å²) in [7, 11) is -3.48. The minimum absolute atomic E-state index is 0.137. The molecule has 1 N–H and O–H groups in total. The zero-order valence-electron chi connectivity index (χ0n) is 11.2. The second kappa shape index (κ2) is 5.27. The number of benzene rings is 2. The summed E-state index contributed by atoms with van der Waals surface area (Å²) < 4.78 is 27.6. The fraction of sp³-hybridized carbons (Fsp3) is 0.133. The molecule has 1 unspecified atom stereocenters. The Labute approximate surface area is 132 Å². The van der Waals surface area contributed by atoms with Gasteiger partial charge >= 0.3 is 0 Å². The predicted molar refractivity (Wildman–Crippen MR) is 85.9 cm³/mol. The minimum Gasteiger partial charge on any atom is -0.263 e. The smallest absolute Gasteiger partial charge is 0.263 e. The molecule has 0 bridgehead atoms. The number of halogens is 1. The molecule has 1 heterocycles. The Hall–Kier alpha value is -1.66. The van der Waals surface area contributed by atoms with Crippen LogP contribution in [0.15, 0.2) is 62.9 Å². The summed E-state index contributed by atoms with van der Waals surface area (Å²) in [6.07, 6.45) is 0. The third kappa shape index (κ3) is 2.73. The average molecular weight is 365 g/mol. The summed E-state index contributed by atoms with van der Waals surface area (Å²) in [5.74, 6) is 0.404. The van der Waals surface area contributed by atoms with Gasteiger partial charge in [-0.05, 0) is 36.8 Å². The number of nitrogens with zero attached hydrogens (tertiary/aromatic N) is 1. The van der Waals surface area contributed by atoms with Crippen molar-refractivity contribution in [2.75, 3.05) is 0 Å². The summed E-state index contributed by atoms with van der Waals surface area (Å²) in [6, 6.07) is 14.5. The molecule has 0 radical (unpaired) electrons. The van der Waals surface area contributed by atoms with Gasteiger partial charge in [0.25, 0.3) is 10.0 Å². The topological polar surface area (TPSA) is 58.5 Å². The highest BCUT2D eigenvalue weighted by molar-refractivity contribution is 9.10. The summed E-state index contributed by atoms with van der Waals surface area (Å²) in [6.45, 7) is 1.94. The fourth-order valence-corrected chi connectivity index (χ4v) is 3.74. The van der Waals surface area contributed by atoms with Gasteiger partial charge in [-0.25, -0.2) is 8.42 Å². The van der Waals surface area contributed by atoms with Crippen LogP contribution in [0, 0.1) is 0 Å². The highest BCUT2D eigenvalue weighted by atomic mass is 79.9. The van der Waals surface area contributed by atoms with E-state index in [1.165, 1.54) is 0 Å². The van der Waals surface area contributed by atoms with Crippen molar-refractivity contribution >= 4 is 31.8 Å². The first-order valence-electron chi connectivity index (χ1n) is 6.43. The Morgan fingerprint density at radius 2 is 1.76 bits per heavy atom. The van der Waals surface area contributed by atoms with E-state index in [9.17, 15) is 8.42 Å². The quantitative estimate of drug-likeness (QED) is 0.888. The zero-order chi connectivity index (χ0) is 15.0. The standard InChI is InChI=1S/C15H13BrN2O2S/c1-10(11-6-8-12(16)9-7-11)17-15-13-4-2-3-5-14(13)21(19,20)18-15/h2-10H,1H3,(H,17,18). The molecule has 3 rings (SSSR count). The number of fused-ring (bicyclic) bond motifs is 1. The molecular weight excluding hydrogens is 352 g/mol. The molecular formula is C15H13BrN2O2S. The first-order valence-corrected chi connectivity index (χ1v) is 8.70. The van der Waals surface area contributed by atoms with Crippen molar-refractivity contribution in [3.63, 3.8) is 0 Å². The SMILES string of the molecule is CC(N=C1NS(=O)(=O)c2ccccc21)c1ccc(Br)cc1. The molecule has 21 heavy (non-hydrogen) atoms. The van der Waals surface area contributed by atoms with Crippen molar-refractivity contribution in [1.82, 2.24) is 4.72 Å². The molecule has 2 aromatic rings. The minimum atomic E-state index is -3.48. The first kappa shape index (κ1) is 14.3. The first-order chi connectivity index (χ1) is 9.97. The van der Waals surface area contributed by atoms with E-state index < -0.39 is 10.0 Å². The summed E-state index contributed by atoms with van der Waals surface area (Å²) in [5.41, 5.74) is 1.65. The second-order valence-electron chi connectivity index (χ2n) is 4.81. The molecule has 108 valence electrons. The van der Waals surface area contributed by atoms with Crippen molar-refractivity contribution in [1.29, 1.82) is 0 Å². The Morgan fingerprint density at radius 3 is 2.48 bits per heavy atom. The fourth-order valence-electron chi connectivity index (χ4n) is 2.24. The van der Waals surface area contributed by atoms with E-state index >= 15 is 0 Å². The lowest BCUT2D eigenvalue weighted by molar-refractivity contribution is 0.595. The molecule has 0 saturated carbocycles. The van der Waals surface area contributed by atoms with Gasteiger partial charge < -0.3 is 0 Å². The molecule has 1 aliphatic rings. The van der Waals surface area contributed by atoms with Gasteiger partial charge in [0, 0.05) is 10.0 Å². The maximum Gasteiger partial charge on any atom is 0.263 e. The normalized spacial score (nSPS) is 19.0. The molecule has 1 aliphatic heterocycles. The molecule has 0 spiro atoms. The van der Waals surface area contributed by atoms with Crippen LogP contribution in [0.4, 0.5) is 0 Å². The van der Waals surface area contributed by atoms with E-state index in [2.05, 4.69) is 25.6 Å². The van der Waals surface area contributed by atoms with Gasteiger partial charge in [0.05, 0.1) is 10.9 Å². The molecule has 1 atom stereocenters. The van der Waals surface area contributed by atoms with Gasteiger partial charge in [-0.3, -0.25) is 9.71 Å². The Bertz CT molecular complexity index is 814. The lowest BCUT2D eigenvalue weighted by atomic mass is 10.1. The molecule has 0 aromatic heterocycles. The van der Waals surface area contributed by atoms with E-state index in [1.54, 1.807) is 24.3 Å². The van der Waals surface area contributed by atoms with Crippen molar-refractivity contribution in [2.45, 2.75) is 17.9 Å². The highest BCUT2D eigenvalue weighted by Crippen LogP contribution is 2.25. The van der Waals surface area contributed by atoms with Crippen LogP contribution in [-0.4, -0.2) is 14.3 Å². The Balaban J connectivity index is 2.00. The van der Waals surface area contributed by atoms with Gasteiger partial charge in [0.2, 0.25) is 0 Å².